The molecule has 2 heterocycles. The lowest BCUT2D eigenvalue weighted by atomic mass is 9.81. The molecule has 1 saturated carbocycles. The quantitative estimate of drug-likeness (QED) is 0.787. The number of amides is 2. The van der Waals surface area contributed by atoms with Crippen LogP contribution in [-0.2, 0) is 16.1 Å². The fourth-order valence-corrected chi connectivity index (χ4v) is 4.02. The van der Waals surface area contributed by atoms with E-state index >= 15 is 0 Å². The number of imide groups is 1. The summed E-state index contributed by atoms with van der Waals surface area (Å²) >= 11 is 6.04. The molecule has 2 amide bonds. The van der Waals surface area contributed by atoms with E-state index < -0.39 is 5.82 Å². The van der Waals surface area contributed by atoms with Crippen molar-refractivity contribution in [3.05, 3.63) is 47.0 Å². The number of rotatable bonds is 3. The maximum Gasteiger partial charge on any atom is 0.237 e. The van der Waals surface area contributed by atoms with Crippen LogP contribution in [0.25, 0.3) is 0 Å². The van der Waals surface area contributed by atoms with Crippen molar-refractivity contribution in [2.75, 3.05) is 4.90 Å². The molecule has 2 atom stereocenters. The van der Waals surface area contributed by atoms with Crippen LogP contribution in [0.3, 0.4) is 0 Å². The maximum absolute atomic E-state index is 13.1. The standard InChI is InChI=1S/C18H17ClFN3O2/c19-16-7-12(20)6-5-11(16)9-22-10-13(8-21-22)23-17(24)14-3-1-2-4-15(14)18(23)25/h5-8,10,14-15H,1-4,9H2. The molecular weight excluding hydrogens is 345 g/mol. The van der Waals surface area contributed by atoms with E-state index in [4.69, 9.17) is 11.6 Å². The average molecular weight is 362 g/mol. The zero-order chi connectivity index (χ0) is 17.6. The maximum atomic E-state index is 13.1. The molecule has 2 fully saturated rings. The molecule has 5 nitrogen and oxygen atoms in total. The van der Waals surface area contributed by atoms with Crippen molar-refractivity contribution in [2.45, 2.75) is 32.2 Å². The summed E-state index contributed by atoms with van der Waals surface area (Å²) in [5, 5.41) is 4.54. The molecule has 1 aliphatic heterocycles. The summed E-state index contributed by atoms with van der Waals surface area (Å²) in [5.41, 5.74) is 1.20. The van der Waals surface area contributed by atoms with Gasteiger partial charge < -0.3 is 0 Å². The SMILES string of the molecule is O=C1C2CCCCC2C(=O)N1c1cnn(Cc2ccc(F)cc2Cl)c1. The number of anilines is 1. The monoisotopic (exact) mass is 361 g/mol. The van der Waals surface area contributed by atoms with Crippen molar-refractivity contribution in [2.24, 2.45) is 11.8 Å². The van der Waals surface area contributed by atoms with Gasteiger partial charge in [0.1, 0.15) is 5.82 Å². The summed E-state index contributed by atoms with van der Waals surface area (Å²) in [7, 11) is 0. The van der Waals surface area contributed by atoms with Crippen LogP contribution in [0.4, 0.5) is 10.1 Å². The van der Waals surface area contributed by atoms with E-state index in [1.54, 1.807) is 16.9 Å². The minimum absolute atomic E-state index is 0.117. The number of aromatic nitrogens is 2. The Labute approximate surface area is 149 Å². The molecule has 1 aromatic carbocycles. The lowest BCUT2D eigenvalue weighted by molar-refractivity contribution is -0.122. The van der Waals surface area contributed by atoms with Crippen LogP contribution in [0.2, 0.25) is 5.02 Å². The normalized spacial score (nSPS) is 23.2. The van der Waals surface area contributed by atoms with E-state index in [1.807, 2.05) is 0 Å². The molecule has 130 valence electrons. The second kappa shape index (κ2) is 6.26. The third-order valence-electron chi connectivity index (χ3n) is 5.07. The van der Waals surface area contributed by atoms with E-state index in [0.717, 1.165) is 25.7 Å². The Kier molecular flexibility index (Phi) is 4.07. The van der Waals surface area contributed by atoms with Gasteiger partial charge in [0.25, 0.3) is 0 Å². The van der Waals surface area contributed by atoms with Gasteiger partial charge in [-0.2, -0.15) is 5.10 Å². The topological polar surface area (TPSA) is 55.2 Å². The number of nitrogens with zero attached hydrogens (tertiary/aromatic N) is 3. The Hall–Kier alpha value is -2.21. The van der Waals surface area contributed by atoms with Crippen LogP contribution in [0.1, 0.15) is 31.2 Å². The average Bonchev–Trinajstić information content (AvgIpc) is 3.14. The summed E-state index contributed by atoms with van der Waals surface area (Å²) < 4.78 is 14.7. The van der Waals surface area contributed by atoms with Crippen LogP contribution in [0.5, 0.6) is 0 Å². The predicted octanol–water partition coefficient (Wildman–Crippen LogP) is 3.40. The van der Waals surface area contributed by atoms with E-state index in [2.05, 4.69) is 5.10 Å². The van der Waals surface area contributed by atoms with Gasteiger partial charge in [0.2, 0.25) is 11.8 Å². The molecule has 0 radical (unpaired) electrons. The highest BCUT2D eigenvalue weighted by molar-refractivity contribution is 6.31. The summed E-state index contributed by atoms with van der Waals surface area (Å²) in [5.74, 6) is -0.999. The highest BCUT2D eigenvalue weighted by Crippen LogP contribution is 2.39. The Bertz CT molecular complexity index is 827. The number of hydrogen-bond acceptors (Lipinski definition) is 3. The van der Waals surface area contributed by atoms with Gasteiger partial charge >= 0.3 is 0 Å². The van der Waals surface area contributed by atoms with E-state index in [0.29, 0.717) is 22.8 Å². The fourth-order valence-electron chi connectivity index (χ4n) is 3.80. The van der Waals surface area contributed by atoms with E-state index in [1.165, 1.54) is 23.2 Å². The van der Waals surface area contributed by atoms with Gasteiger partial charge in [-0.05, 0) is 30.5 Å². The molecule has 4 rings (SSSR count). The molecule has 1 saturated heterocycles. The van der Waals surface area contributed by atoms with Gasteiger partial charge in [-0.15, -0.1) is 0 Å². The molecule has 1 aliphatic carbocycles. The van der Waals surface area contributed by atoms with Gasteiger partial charge in [-0.25, -0.2) is 9.29 Å². The number of carbonyl (C=O) groups is 2. The van der Waals surface area contributed by atoms with Gasteiger partial charge in [0, 0.05) is 11.2 Å². The molecule has 0 N–H and O–H groups in total. The minimum atomic E-state index is -0.397. The molecule has 25 heavy (non-hydrogen) atoms. The summed E-state index contributed by atoms with van der Waals surface area (Å²) in [6.45, 7) is 0.336. The van der Waals surface area contributed by atoms with Crippen molar-refractivity contribution in [1.82, 2.24) is 9.78 Å². The zero-order valence-corrected chi connectivity index (χ0v) is 14.2. The summed E-state index contributed by atoms with van der Waals surface area (Å²) in [6.07, 6.45) is 6.74. The van der Waals surface area contributed by atoms with Crippen molar-refractivity contribution in [3.8, 4) is 0 Å². The largest absolute Gasteiger partial charge is 0.274 e. The zero-order valence-electron chi connectivity index (χ0n) is 13.5. The smallest absolute Gasteiger partial charge is 0.237 e. The van der Waals surface area contributed by atoms with Crippen molar-refractivity contribution in [1.29, 1.82) is 0 Å². The molecule has 2 aliphatic rings. The molecular formula is C18H17ClFN3O2. The molecule has 2 unspecified atom stereocenters. The van der Waals surface area contributed by atoms with Gasteiger partial charge in [-0.1, -0.05) is 30.5 Å². The highest BCUT2D eigenvalue weighted by atomic mass is 35.5. The van der Waals surface area contributed by atoms with E-state index in [-0.39, 0.29) is 23.7 Å². The second-order valence-electron chi connectivity index (χ2n) is 6.64. The Morgan fingerprint density at radius 2 is 1.84 bits per heavy atom. The van der Waals surface area contributed by atoms with Crippen molar-refractivity contribution >= 4 is 29.1 Å². The van der Waals surface area contributed by atoms with Crippen LogP contribution in [0, 0.1) is 17.7 Å². The number of fused-ring (bicyclic) bond motifs is 1. The molecule has 1 aromatic heterocycles. The second-order valence-corrected chi connectivity index (χ2v) is 7.05. The first-order valence-corrected chi connectivity index (χ1v) is 8.76. The fraction of sp³-hybridized carbons (Fsp3) is 0.389. The minimum Gasteiger partial charge on any atom is -0.274 e. The molecule has 0 spiro atoms. The summed E-state index contributed by atoms with van der Waals surface area (Å²) in [4.78, 5) is 26.5. The first-order valence-electron chi connectivity index (χ1n) is 8.39. The van der Waals surface area contributed by atoms with E-state index in [9.17, 15) is 14.0 Å². The van der Waals surface area contributed by atoms with Crippen LogP contribution >= 0.6 is 11.6 Å². The van der Waals surface area contributed by atoms with Gasteiger partial charge in [0.05, 0.1) is 30.3 Å². The highest BCUT2D eigenvalue weighted by Gasteiger charge is 2.49. The third-order valence-corrected chi connectivity index (χ3v) is 5.42. The molecule has 2 aromatic rings. The van der Waals surface area contributed by atoms with Crippen LogP contribution in [-0.4, -0.2) is 21.6 Å². The number of benzene rings is 1. The summed E-state index contributed by atoms with van der Waals surface area (Å²) in [6, 6.07) is 4.18. The third kappa shape index (κ3) is 2.84. The number of halogens is 2. The van der Waals surface area contributed by atoms with Crippen LogP contribution in [0.15, 0.2) is 30.6 Å². The first-order chi connectivity index (χ1) is 12.0. The lowest BCUT2D eigenvalue weighted by Gasteiger charge is -2.19. The van der Waals surface area contributed by atoms with Crippen molar-refractivity contribution in [3.63, 3.8) is 0 Å². The molecule has 0 bridgehead atoms. The number of carbonyl (C=O) groups excluding carboxylic acids is 2. The molecule has 7 heteroatoms. The Morgan fingerprint density at radius 3 is 2.48 bits per heavy atom. The predicted molar refractivity (Wildman–Crippen MR) is 90.7 cm³/mol. The Morgan fingerprint density at radius 1 is 1.16 bits per heavy atom. The lowest BCUT2D eigenvalue weighted by Crippen LogP contribution is -2.30. The van der Waals surface area contributed by atoms with Gasteiger partial charge in [0.15, 0.2) is 0 Å². The number of hydrogen-bond donors (Lipinski definition) is 0. The van der Waals surface area contributed by atoms with Crippen molar-refractivity contribution < 1.29 is 14.0 Å². The first kappa shape index (κ1) is 16.3. The van der Waals surface area contributed by atoms with Crippen LogP contribution < -0.4 is 4.90 Å². The Balaban J connectivity index is 1.57. The van der Waals surface area contributed by atoms with Gasteiger partial charge in [-0.3, -0.25) is 14.3 Å².